The highest BCUT2D eigenvalue weighted by molar-refractivity contribution is 6.31. The van der Waals surface area contributed by atoms with Crippen LogP contribution in [-0.2, 0) is 16.6 Å². The lowest BCUT2D eigenvalue weighted by molar-refractivity contribution is -0.126. The number of fused-ring (bicyclic) bond motifs is 3. The molecule has 0 bridgehead atoms. The Morgan fingerprint density at radius 1 is 1.15 bits per heavy atom. The van der Waals surface area contributed by atoms with Crippen LogP contribution in [0.15, 0.2) is 58.4 Å². The van der Waals surface area contributed by atoms with Crippen LogP contribution in [0.2, 0.25) is 5.02 Å². The molecular formula is C28H24Cl2F2N4O3. The zero-order valence-electron chi connectivity index (χ0n) is 21.0. The number of aromatic nitrogens is 3. The molecule has 11 heteroatoms. The van der Waals surface area contributed by atoms with Gasteiger partial charge in [0.15, 0.2) is 11.6 Å². The van der Waals surface area contributed by atoms with E-state index in [4.69, 9.17) is 27.9 Å². The fourth-order valence-corrected chi connectivity index (χ4v) is 6.85. The monoisotopic (exact) mass is 572 g/mol. The van der Waals surface area contributed by atoms with E-state index in [-0.39, 0.29) is 23.7 Å². The second kappa shape index (κ2) is 9.34. The molecule has 0 saturated carbocycles. The van der Waals surface area contributed by atoms with Crippen molar-refractivity contribution in [1.82, 2.24) is 14.8 Å². The van der Waals surface area contributed by atoms with Gasteiger partial charge in [0, 0.05) is 22.2 Å². The van der Waals surface area contributed by atoms with Crippen LogP contribution in [0.25, 0.3) is 0 Å². The molecule has 3 aromatic rings. The summed E-state index contributed by atoms with van der Waals surface area (Å²) in [6.07, 6.45) is 5.75. The lowest BCUT2D eigenvalue weighted by atomic mass is 9.57. The van der Waals surface area contributed by atoms with Gasteiger partial charge in [-0.2, -0.15) is 5.10 Å². The topological polar surface area (TPSA) is 89.0 Å². The lowest BCUT2D eigenvalue weighted by Gasteiger charge is -2.48. The van der Waals surface area contributed by atoms with Gasteiger partial charge < -0.3 is 10.1 Å². The molecule has 1 aliphatic carbocycles. The van der Waals surface area contributed by atoms with Gasteiger partial charge in [-0.1, -0.05) is 41.4 Å². The maximum atomic E-state index is 16.1. The molecule has 2 aromatic carbocycles. The van der Waals surface area contributed by atoms with E-state index in [2.05, 4.69) is 15.5 Å². The summed E-state index contributed by atoms with van der Waals surface area (Å²) in [7, 11) is 0. The molecule has 2 aliphatic heterocycles. The fraction of sp³-hybridized carbons (Fsp3) is 0.321. The van der Waals surface area contributed by atoms with Gasteiger partial charge in [0.25, 0.3) is 0 Å². The average molecular weight is 573 g/mol. The number of H-pyrrole nitrogens is 1. The number of rotatable bonds is 4. The molecule has 1 unspecified atom stereocenters. The predicted octanol–water partition coefficient (Wildman–Crippen LogP) is 5.64. The third kappa shape index (κ3) is 3.85. The summed E-state index contributed by atoms with van der Waals surface area (Å²) in [5, 5.41) is 10.6. The average Bonchev–Trinajstić information content (AvgIpc) is 3.38. The highest BCUT2D eigenvalue weighted by Gasteiger charge is 2.64. The van der Waals surface area contributed by atoms with Crippen LogP contribution >= 0.6 is 23.2 Å². The smallest absolute Gasteiger partial charge is 0.343 e. The summed E-state index contributed by atoms with van der Waals surface area (Å²) < 4.78 is 38.3. The van der Waals surface area contributed by atoms with Gasteiger partial charge in [-0.05, 0) is 68.0 Å². The first-order valence-corrected chi connectivity index (χ1v) is 13.3. The summed E-state index contributed by atoms with van der Waals surface area (Å²) in [5.74, 6) is -3.30. The van der Waals surface area contributed by atoms with Crippen molar-refractivity contribution in [2.45, 2.75) is 44.2 Å². The second-order valence-corrected chi connectivity index (χ2v) is 11.3. The van der Waals surface area contributed by atoms with E-state index in [1.807, 2.05) is 12.2 Å². The minimum Gasteiger partial charge on any atom is -0.491 e. The van der Waals surface area contributed by atoms with Crippen LogP contribution in [0.1, 0.15) is 43.3 Å². The summed E-state index contributed by atoms with van der Waals surface area (Å²) in [6.45, 7) is 3.50. The summed E-state index contributed by atoms with van der Waals surface area (Å²) in [5.41, 5.74) is -1.51. The molecule has 4 atom stereocenters. The molecule has 7 nitrogen and oxygen atoms in total. The second-order valence-electron chi connectivity index (χ2n) is 10.3. The van der Waals surface area contributed by atoms with Crippen molar-refractivity contribution in [1.29, 1.82) is 0 Å². The first-order chi connectivity index (χ1) is 18.6. The number of halogens is 4. The molecule has 1 amide bonds. The normalized spacial score (nSPS) is 25.5. The summed E-state index contributed by atoms with van der Waals surface area (Å²) >= 11 is 12.7. The van der Waals surface area contributed by atoms with Crippen LogP contribution < -0.4 is 15.7 Å². The number of nitrogens with one attached hydrogen (secondary N) is 2. The Bertz CT molecular complexity index is 1630. The number of amides is 1. The summed E-state index contributed by atoms with van der Waals surface area (Å²) in [6, 6.07) is 5.91. The van der Waals surface area contributed by atoms with Crippen LogP contribution in [0, 0.1) is 23.5 Å². The number of allylic oxidation sites excluding steroid dienone is 4. The van der Waals surface area contributed by atoms with Gasteiger partial charge in [-0.15, -0.1) is 0 Å². The number of hydrogen-bond donors (Lipinski definition) is 2. The van der Waals surface area contributed by atoms with E-state index in [1.54, 1.807) is 38.1 Å². The van der Waals surface area contributed by atoms with Gasteiger partial charge in [0.1, 0.15) is 17.0 Å². The molecule has 2 N–H and O–H groups in total. The Morgan fingerprint density at radius 3 is 2.69 bits per heavy atom. The van der Waals surface area contributed by atoms with Crippen LogP contribution in [0.4, 0.5) is 14.5 Å². The molecule has 6 rings (SSSR count). The molecule has 3 aliphatic rings. The lowest BCUT2D eigenvalue weighted by Crippen LogP contribution is -2.57. The Morgan fingerprint density at radius 2 is 1.95 bits per heavy atom. The van der Waals surface area contributed by atoms with Gasteiger partial charge in [-0.25, -0.2) is 18.7 Å². The van der Waals surface area contributed by atoms with Crippen molar-refractivity contribution in [2.75, 3.05) is 5.32 Å². The Labute approximate surface area is 232 Å². The highest BCUT2D eigenvalue weighted by Crippen LogP contribution is 2.59. The first kappa shape index (κ1) is 25.8. The number of nitrogens with zero attached hydrogens (tertiary/aromatic N) is 2. The van der Waals surface area contributed by atoms with Crippen molar-refractivity contribution >= 4 is 34.8 Å². The fourth-order valence-electron chi connectivity index (χ4n) is 6.43. The largest absolute Gasteiger partial charge is 0.491 e. The van der Waals surface area contributed by atoms with Crippen molar-refractivity contribution < 1.29 is 18.3 Å². The molecule has 1 aromatic heterocycles. The number of hydrogen-bond acceptors (Lipinski definition) is 4. The predicted molar refractivity (Wildman–Crippen MR) is 143 cm³/mol. The first-order valence-electron chi connectivity index (χ1n) is 12.6. The molecule has 3 heterocycles. The van der Waals surface area contributed by atoms with Gasteiger partial charge in [0.05, 0.1) is 17.7 Å². The molecule has 202 valence electrons. The maximum absolute atomic E-state index is 16.1. The van der Waals surface area contributed by atoms with Crippen LogP contribution in [0.3, 0.4) is 0 Å². The Balaban J connectivity index is 1.74. The third-order valence-electron chi connectivity index (χ3n) is 7.82. The van der Waals surface area contributed by atoms with Gasteiger partial charge in [0.2, 0.25) is 5.91 Å². The number of benzene rings is 2. The van der Waals surface area contributed by atoms with E-state index >= 15 is 4.39 Å². The number of carbonyl (C=O) groups excluding carboxylic acids is 1. The standard InChI is InChI=1S/C28H24Cl2F2N4O3/c1-13(2)39-21-9-8-19(31)24(32)23(21)25-28(17-7-6-16(30)11-20(17)33-26(28)37)18(14-4-3-5-15(29)10-14)12-22-34-35-27(38)36(22)25/h3-9,11,13-14,18,25H,10,12H2,1-2H3,(H,33,37)(H,35,38)/t14?,18-,25-,28+/m1/s1. The molecule has 0 radical (unpaired) electrons. The zero-order valence-corrected chi connectivity index (χ0v) is 22.5. The number of ether oxygens (including phenoxy) is 1. The maximum Gasteiger partial charge on any atom is 0.343 e. The molecule has 0 fully saturated rings. The summed E-state index contributed by atoms with van der Waals surface area (Å²) in [4.78, 5) is 27.7. The third-order valence-corrected chi connectivity index (χ3v) is 8.33. The minimum atomic E-state index is -1.58. The highest BCUT2D eigenvalue weighted by atomic mass is 35.5. The van der Waals surface area contributed by atoms with Crippen molar-refractivity contribution in [3.8, 4) is 5.75 Å². The Kier molecular flexibility index (Phi) is 6.19. The van der Waals surface area contributed by atoms with E-state index < -0.39 is 46.7 Å². The van der Waals surface area contributed by atoms with Crippen LogP contribution in [0.5, 0.6) is 5.75 Å². The SMILES string of the molecule is CC(C)Oc1ccc(F)c(F)c1[C@H]1n2c(n[nH]c2=O)C[C@H](C2C=CC=C(Cl)C2)[C@]12C(=O)Nc1cc(Cl)ccc12. The van der Waals surface area contributed by atoms with E-state index in [9.17, 15) is 14.0 Å². The zero-order chi connectivity index (χ0) is 27.6. The number of anilines is 1. The van der Waals surface area contributed by atoms with Gasteiger partial charge >= 0.3 is 5.69 Å². The van der Waals surface area contributed by atoms with Crippen molar-refractivity contribution in [2.24, 2.45) is 11.8 Å². The van der Waals surface area contributed by atoms with E-state index in [0.717, 1.165) is 6.07 Å². The van der Waals surface area contributed by atoms with E-state index in [1.165, 1.54) is 10.6 Å². The van der Waals surface area contributed by atoms with Crippen molar-refractivity contribution in [3.63, 3.8) is 0 Å². The quantitative estimate of drug-likeness (QED) is 0.423. The molecule has 39 heavy (non-hydrogen) atoms. The Hall–Kier alpha value is -3.43. The number of aromatic amines is 1. The van der Waals surface area contributed by atoms with Crippen molar-refractivity contribution in [3.05, 3.63) is 97.7 Å². The molecule has 1 spiro atoms. The molecule has 0 saturated heterocycles. The minimum absolute atomic E-state index is 0.0281. The van der Waals surface area contributed by atoms with Gasteiger partial charge in [-0.3, -0.25) is 9.36 Å². The van der Waals surface area contributed by atoms with Crippen LogP contribution in [-0.4, -0.2) is 26.8 Å². The molecular weight excluding hydrogens is 549 g/mol. The van der Waals surface area contributed by atoms with E-state index in [0.29, 0.717) is 33.6 Å². The number of carbonyl (C=O) groups is 1.